The third-order valence-corrected chi connectivity index (χ3v) is 4.46. The van der Waals surface area contributed by atoms with Gasteiger partial charge in [-0.25, -0.2) is 0 Å². The first kappa shape index (κ1) is 19.2. The van der Waals surface area contributed by atoms with Crippen molar-refractivity contribution >= 4 is 17.3 Å². The average Bonchev–Trinajstić information content (AvgIpc) is 2.92. The SMILES string of the molecule is Cc1ccc(Cn2nc(C)c(C(=O)Nc3ccc(F)c([N+](=O)[O-])c3)c2C)cc1. The van der Waals surface area contributed by atoms with Crippen LogP contribution >= 0.6 is 0 Å². The Bertz CT molecular complexity index is 1060. The highest BCUT2D eigenvalue weighted by Gasteiger charge is 2.21. The summed E-state index contributed by atoms with van der Waals surface area (Å²) in [6.07, 6.45) is 0. The van der Waals surface area contributed by atoms with Crippen molar-refractivity contribution in [1.82, 2.24) is 9.78 Å². The molecule has 0 bridgehead atoms. The maximum Gasteiger partial charge on any atom is 0.306 e. The zero-order valence-corrected chi connectivity index (χ0v) is 15.7. The van der Waals surface area contributed by atoms with Gasteiger partial charge in [0.15, 0.2) is 0 Å². The summed E-state index contributed by atoms with van der Waals surface area (Å²) in [5.41, 5.74) is 3.26. The van der Waals surface area contributed by atoms with Gasteiger partial charge in [-0.3, -0.25) is 19.6 Å². The fourth-order valence-electron chi connectivity index (χ4n) is 2.97. The zero-order valence-electron chi connectivity index (χ0n) is 15.7. The highest BCUT2D eigenvalue weighted by atomic mass is 19.1. The van der Waals surface area contributed by atoms with E-state index in [1.54, 1.807) is 18.5 Å². The van der Waals surface area contributed by atoms with Crippen LogP contribution in [0.5, 0.6) is 0 Å². The predicted molar refractivity (Wildman–Crippen MR) is 103 cm³/mol. The minimum atomic E-state index is -0.957. The summed E-state index contributed by atoms with van der Waals surface area (Å²) < 4.78 is 15.2. The van der Waals surface area contributed by atoms with E-state index in [4.69, 9.17) is 0 Å². The molecule has 1 aromatic heterocycles. The van der Waals surface area contributed by atoms with Crippen molar-refractivity contribution in [3.63, 3.8) is 0 Å². The summed E-state index contributed by atoms with van der Waals surface area (Å²) in [5, 5.41) is 17.9. The average molecular weight is 382 g/mol. The number of carbonyl (C=O) groups is 1. The van der Waals surface area contributed by atoms with Crippen LogP contribution in [-0.2, 0) is 6.54 Å². The van der Waals surface area contributed by atoms with Crippen LogP contribution in [-0.4, -0.2) is 20.6 Å². The van der Waals surface area contributed by atoms with E-state index in [1.165, 1.54) is 6.07 Å². The summed E-state index contributed by atoms with van der Waals surface area (Å²) in [4.78, 5) is 22.7. The lowest BCUT2D eigenvalue weighted by Gasteiger charge is -2.08. The molecular weight excluding hydrogens is 363 g/mol. The summed E-state index contributed by atoms with van der Waals surface area (Å²) >= 11 is 0. The second-order valence-electron chi connectivity index (χ2n) is 6.57. The second kappa shape index (κ2) is 7.59. The van der Waals surface area contributed by atoms with E-state index in [0.29, 0.717) is 23.5 Å². The minimum absolute atomic E-state index is 0.142. The standard InChI is InChI=1S/C20H19FN4O3/c1-12-4-6-15(7-5-12)11-24-14(3)19(13(2)23-24)20(26)22-16-8-9-17(21)18(10-16)25(27)28/h4-10H,11H2,1-3H3,(H,22,26). The van der Waals surface area contributed by atoms with Crippen LogP contribution in [0, 0.1) is 36.7 Å². The van der Waals surface area contributed by atoms with Gasteiger partial charge in [0.2, 0.25) is 5.82 Å². The Labute approximate surface area is 161 Å². The molecule has 0 saturated heterocycles. The summed E-state index contributed by atoms with van der Waals surface area (Å²) in [7, 11) is 0. The molecule has 0 radical (unpaired) electrons. The number of nitro groups is 1. The smallest absolute Gasteiger partial charge is 0.306 e. The molecule has 0 atom stereocenters. The fourth-order valence-corrected chi connectivity index (χ4v) is 2.97. The molecule has 144 valence electrons. The van der Waals surface area contributed by atoms with Crippen LogP contribution in [0.3, 0.4) is 0 Å². The van der Waals surface area contributed by atoms with Crippen molar-refractivity contribution in [1.29, 1.82) is 0 Å². The topological polar surface area (TPSA) is 90.1 Å². The lowest BCUT2D eigenvalue weighted by Crippen LogP contribution is -2.14. The number of benzene rings is 2. The quantitative estimate of drug-likeness (QED) is 0.530. The van der Waals surface area contributed by atoms with Gasteiger partial charge in [-0.15, -0.1) is 0 Å². The fraction of sp³-hybridized carbons (Fsp3) is 0.200. The zero-order chi connectivity index (χ0) is 20.4. The number of amides is 1. The van der Waals surface area contributed by atoms with Gasteiger partial charge in [-0.1, -0.05) is 29.8 Å². The van der Waals surface area contributed by atoms with E-state index < -0.39 is 22.3 Å². The minimum Gasteiger partial charge on any atom is -0.322 e. The molecule has 0 aliphatic rings. The number of carbonyl (C=O) groups excluding carboxylic acids is 1. The maximum absolute atomic E-state index is 13.5. The number of nitrogens with one attached hydrogen (secondary N) is 1. The number of anilines is 1. The van der Waals surface area contributed by atoms with Gasteiger partial charge in [0.25, 0.3) is 5.91 Å². The molecular formula is C20H19FN4O3. The first-order valence-corrected chi connectivity index (χ1v) is 8.61. The molecule has 0 unspecified atom stereocenters. The van der Waals surface area contributed by atoms with E-state index >= 15 is 0 Å². The first-order chi connectivity index (χ1) is 13.3. The molecule has 3 aromatic rings. The van der Waals surface area contributed by atoms with Crippen molar-refractivity contribution in [2.24, 2.45) is 0 Å². The molecule has 1 heterocycles. The molecule has 2 aromatic carbocycles. The number of halogens is 1. The molecule has 8 heteroatoms. The summed E-state index contributed by atoms with van der Waals surface area (Å²) in [6, 6.07) is 11.3. The van der Waals surface area contributed by atoms with Crippen LogP contribution in [0.1, 0.15) is 32.9 Å². The molecule has 0 saturated carbocycles. The van der Waals surface area contributed by atoms with Gasteiger partial charge < -0.3 is 5.32 Å². The molecule has 0 spiro atoms. The Hall–Kier alpha value is -3.55. The molecule has 0 aliphatic heterocycles. The Morgan fingerprint density at radius 2 is 1.86 bits per heavy atom. The highest BCUT2D eigenvalue weighted by molar-refractivity contribution is 6.06. The molecule has 3 rings (SSSR count). The monoisotopic (exact) mass is 382 g/mol. The first-order valence-electron chi connectivity index (χ1n) is 8.61. The predicted octanol–water partition coefficient (Wildman–Crippen LogP) is 4.16. The van der Waals surface area contributed by atoms with Crippen molar-refractivity contribution in [3.05, 3.63) is 86.5 Å². The number of hydrogen-bond donors (Lipinski definition) is 1. The van der Waals surface area contributed by atoms with Crippen LogP contribution in [0.2, 0.25) is 0 Å². The number of aryl methyl sites for hydroxylation is 2. The van der Waals surface area contributed by atoms with Crippen LogP contribution in [0.15, 0.2) is 42.5 Å². The van der Waals surface area contributed by atoms with Gasteiger partial charge in [-0.2, -0.15) is 9.49 Å². The normalized spacial score (nSPS) is 10.7. The number of nitrogens with zero attached hydrogens (tertiary/aromatic N) is 3. The third kappa shape index (κ3) is 3.90. The molecule has 1 amide bonds. The number of rotatable bonds is 5. The van der Waals surface area contributed by atoms with Crippen LogP contribution in [0.25, 0.3) is 0 Å². The van der Waals surface area contributed by atoms with E-state index in [-0.39, 0.29) is 5.69 Å². The van der Waals surface area contributed by atoms with Gasteiger partial charge in [0, 0.05) is 17.4 Å². The molecule has 7 nitrogen and oxygen atoms in total. The van der Waals surface area contributed by atoms with Gasteiger partial charge in [-0.05, 0) is 38.5 Å². The molecule has 0 fully saturated rings. The number of aromatic nitrogens is 2. The van der Waals surface area contributed by atoms with E-state index in [1.807, 2.05) is 31.2 Å². The van der Waals surface area contributed by atoms with Gasteiger partial charge in [0.05, 0.1) is 22.7 Å². The molecule has 1 N–H and O–H groups in total. The van der Waals surface area contributed by atoms with Crippen molar-refractivity contribution in [2.45, 2.75) is 27.3 Å². The summed E-state index contributed by atoms with van der Waals surface area (Å²) in [6.45, 7) is 6.04. The molecule has 0 aliphatic carbocycles. The Kier molecular flexibility index (Phi) is 5.21. The lowest BCUT2D eigenvalue weighted by atomic mass is 10.1. The lowest BCUT2D eigenvalue weighted by molar-refractivity contribution is -0.387. The van der Waals surface area contributed by atoms with Crippen molar-refractivity contribution < 1.29 is 14.1 Å². The Morgan fingerprint density at radius 3 is 2.50 bits per heavy atom. The van der Waals surface area contributed by atoms with Crippen LogP contribution in [0.4, 0.5) is 15.8 Å². The van der Waals surface area contributed by atoms with Crippen LogP contribution < -0.4 is 5.32 Å². The Balaban J connectivity index is 1.84. The highest BCUT2D eigenvalue weighted by Crippen LogP contribution is 2.23. The van der Waals surface area contributed by atoms with E-state index in [2.05, 4.69) is 10.4 Å². The Morgan fingerprint density at radius 1 is 1.18 bits per heavy atom. The summed E-state index contributed by atoms with van der Waals surface area (Å²) in [5.74, 6) is -1.41. The van der Waals surface area contributed by atoms with Crippen molar-refractivity contribution in [3.8, 4) is 0 Å². The van der Waals surface area contributed by atoms with E-state index in [0.717, 1.165) is 23.3 Å². The van der Waals surface area contributed by atoms with Gasteiger partial charge >= 0.3 is 5.69 Å². The van der Waals surface area contributed by atoms with Crippen molar-refractivity contribution in [2.75, 3.05) is 5.32 Å². The van der Waals surface area contributed by atoms with E-state index in [9.17, 15) is 19.3 Å². The molecule has 28 heavy (non-hydrogen) atoms. The second-order valence-corrected chi connectivity index (χ2v) is 6.57. The van der Waals surface area contributed by atoms with Gasteiger partial charge in [0.1, 0.15) is 0 Å². The third-order valence-electron chi connectivity index (χ3n) is 4.46. The number of nitro benzene ring substituents is 1. The number of hydrogen-bond acceptors (Lipinski definition) is 4. The largest absolute Gasteiger partial charge is 0.322 e. The maximum atomic E-state index is 13.5.